The molecule has 0 N–H and O–H groups in total. The van der Waals surface area contributed by atoms with E-state index in [1.165, 1.54) is 0 Å². The molecule has 17 heavy (non-hydrogen) atoms. The first-order chi connectivity index (χ1) is 8.31. The van der Waals surface area contributed by atoms with Crippen molar-refractivity contribution in [2.24, 2.45) is 9.98 Å². The number of urea groups is 1. The Balaban J connectivity index is 1.98. The van der Waals surface area contributed by atoms with E-state index in [-0.39, 0.29) is 0 Å². The van der Waals surface area contributed by atoms with Crippen molar-refractivity contribution < 1.29 is 4.79 Å². The van der Waals surface area contributed by atoms with E-state index in [9.17, 15) is 4.79 Å². The third kappa shape index (κ3) is 1.94. The van der Waals surface area contributed by atoms with Gasteiger partial charge in [-0.25, -0.2) is 9.78 Å². The number of nitrogens with zero attached hydrogens (tertiary/aromatic N) is 4. The lowest BCUT2D eigenvalue weighted by Gasteiger charge is -1.98. The zero-order chi connectivity index (χ0) is 11.7. The maximum atomic E-state index is 11.0. The minimum atomic E-state index is -0.481. The molecule has 2 amide bonds. The molecule has 0 spiro atoms. The Morgan fingerprint density at radius 2 is 2.06 bits per heavy atom. The normalized spacial score (nSPS) is 12.8. The first-order valence-electron chi connectivity index (χ1n) is 5.17. The highest BCUT2D eigenvalue weighted by molar-refractivity contribution is 5.77. The summed E-state index contributed by atoms with van der Waals surface area (Å²) in [7, 11) is 0. The van der Waals surface area contributed by atoms with Crippen molar-refractivity contribution in [2.75, 3.05) is 0 Å². The molecule has 0 aromatic carbocycles. The molecular weight excluding hydrogens is 216 g/mol. The third-order valence-corrected chi connectivity index (χ3v) is 2.44. The number of carbonyl (C=O) groups excluding carboxylic acids is 1. The van der Waals surface area contributed by atoms with Gasteiger partial charge in [-0.1, -0.05) is 6.07 Å². The van der Waals surface area contributed by atoms with Crippen molar-refractivity contribution in [2.45, 2.75) is 6.42 Å². The summed E-state index contributed by atoms with van der Waals surface area (Å²) in [4.78, 5) is 26.8. The number of hydrogen-bond acceptors (Lipinski definition) is 3. The highest BCUT2D eigenvalue weighted by Crippen LogP contribution is 2.03. The van der Waals surface area contributed by atoms with Crippen LogP contribution in [0.5, 0.6) is 0 Å². The molecule has 0 unspecified atom stereocenters. The van der Waals surface area contributed by atoms with Crippen LogP contribution in [0.4, 0.5) is 4.79 Å². The van der Waals surface area contributed by atoms with Gasteiger partial charge in [0.05, 0.1) is 0 Å². The molecule has 3 rings (SSSR count). The van der Waals surface area contributed by atoms with E-state index in [4.69, 9.17) is 0 Å². The van der Waals surface area contributed by atoms with E-state index in [0.717, 1.165) is 11.3 Å². The monoisotopic (exact) mass is 224 g/mol. The molecule has 0 radical (unpaired) electrons. The van der Waals surface area contributed by atoms with Gasteiger partial charge in [-0.15, -0.1) is 0 Å². The quantitative estimate of drug-likeness (QED) is 0.743. The zero-order valence-electron chi connectivity index (χ0n) is 8.87. The Hall–Kier alpha value is -2.43. The summed E-state index contributed by atoms with van der Waals surface area (Å²) in [5.74, 6) is 0. The maximum Gasteiger partial charge on any atom is 0.369 e. The van der Waals surface area contributed by atoms with Crippen LogP contribution in [0.1, 0.15) is 11.3 Å². The van der Waals surface area contributed by atoms with E-state index in [2.05, 4.69) is 20.0 Å². The Morgan fingerprint density at radius 3 is 2.88 bits per heavy atom. The standard InChI is InChI=1S/C12H8N4O/c17-12-15-10-4-3-9(14-11(10)16-12)6-8-2-1-5-13-7-8/h1-5,7H,6H2. The van der Waals surface area contributed by atoms with Gasteiger partial charge in [-0.05, 0) is 23.8 Å². The summed E-state index contributed by atoms with van der Waals surface area (Å²) >= 11 is 0. The first-order valence-corrected chi connectivity index (χ1v) is 5.17. The van der Waals surface area contributed by atoms with Gasteiger partial charge < -0.3 is 0 Å². The van der Waals surface area contributed by atoms with Crippen molar-refractivity contribution >= 4 is 6.03 Å². The van der Waals surface area contributed by atoms with Crippen LogP contribution >= 0.6 is 0 Å². The predicted molar refractivity (Wildman–Crippen MR) is 59.0 cm³/mol. The summed E-state index contributed by atoms with van der Waals surface area (Å²) in [6.45, 7) is 0. The molecule has 5 heteroatoms. The van der Waals surface area contributed by atoms with Crippen molar-refractivity contribution in [3.05, 3.63) is 58.8 Å². The van der Waals surface area contributed by atoms with Gasteiger partial charge in [0.1, 0.15) is 5.36 Å². The molecule has 2 aromatic heterocycles. The molecule has 0 bridgehead atoms. The Morgan fingerprint density at radius 1 is 1.12 bits per heavy atom. The van der Waals surface area contributed by atoms with Gasteiger partial charge in [0, 0.05) is 24.5 Å². The molecule has 5 nitrogen and oxygen atoms in total. The number of pyridine rings is 2. The van der Waals surface area contributed by atoms with Crippen LogP contribution in [0.3, 0.4) is 0 Å². The molecule has 1 aliphatic heterocycles. The molecule has 0 aliphatic carbocycles. The van der Waals surface area contributed by atoms with Gasteiger partial charge in [-0.3, -0.25) is 4.98 Å². The van der Waals surface area contributed by atoms with Gasteiger partial charge in [0.25, 0.3) is 0 Å². The van der Waals surface area contributed by atoms with Crippen LogP contribution in [-0.4, -0.2) is 16.0 Å². The summed E-state index contributed by atoms with van der Waals surface area (Å²) in [5, 5.41) is 0.546. The minimum Gasteiger partial charge on any atom is -0.264 e. The van der Waals surface area contributed by atoms with Crippen LogP contribution in [-0.2, 0) is 6.42 Å². The number of carbonyl (C=O) groups is 1. The van der Waals surface area contributed by atoms with E-state index >= 15 is 0 Å². The number of aromatic nitrogens is 2. The van der Waals surface area contributed by atoms with Crippen molar-refractivity contribution in [3.63, 3.8) is 0 Å². The summed E-state index contributed by atoms with van der Waals surface area (Å²) < 4.78 is 0. The van der Waals surface area contributed by atoms with Crippen LogP contribution in [0.15, 0.2) is 46.6 Å². The Bertz CT molecular complexity index is 694. The molecule has 82 valence electrons. The average molecular weight is 224 g/mol. The molecule has 0 saturated carbocycles. The van der Waals surface area contributed by atoms with Gasteiger partial charge in [-0.2, -0.15) is 9.98 Å². The zero-order valence-corrected chi connectivity index (χ0v) is 8.87. The van der Waals surface area contributed by atoms with Crippen molar-refractivity contribution in [3.8, 4) is 0 Å². The number of amides is 2. The molecule has 1 aliphatic rings. The second-order valence-electron chi connectivity index (χ2n) is 3.69. The number of hydrogen-bond donors (Lipinski definition) is 0. The fourth-order valence-corrected chi connectivity index (χ4v) is 1.68. The van der Waals surface area contributed by atoms with Gasteiger partial charge in [0.2, 0.25) is 0 Å². The van der Waals surface area contributed by atoms with Crippen molar-refractivity contribution in [1.29, 1.82) is 0 Å². The van der Waals surface area contributed by atoms with E-state index in [1.54, 1.807) is 18.5 Å². The molecular formula is C12H8N4O. The fraction of sp³-hybridized carbons (Fsp3) is 0.0833. The second kappa shape index (κ2) is 3.86. The molecule has 2 aromatic rings. The predicted octanol–water partition coefficient (Wildman–Crippen LogP) is 0.440. The van der Waals surface area contributed by atoms with Crippen LogP contribution in [0.2, 0.25) is 0 Å². The highest BCUT2D eigenvalue weighted by atomic mass is 16.2. The average Bonchev–Trinajstić information content (AvgIpc) is 2.70. The van der Waals surface area contributed by atoms with Crippen molar-refractivity contribution in [1.82, 2.24) is 9.97 Å². The summed E-state index contributed by atoms with van der Waals surface area (Å²) in [6.07, 6.45) is 4.19. The number of fused-ring (bicyclic) bond motifs is 1. The molecule has 0 atom stereocenters. The van der Waals surface area contributed by atoms with Gasteiger partial charge >= 0.3 is 6.03 Å². The lowest BCUT2D eigenvalue weighted by molar-refractivity contribution is 0.256. The highest BCUT2D eigenvalue weighted by Gasteiger charge is 2.06. The summed E-state index contributed by atoms with van der Waals surface area (Å²) in [5.41, 5.74) is 2.34. The SMILES string of the molecule is O=C1N=c2ccc(Cc3cccnc3)nc2=N1. The molecule has 3 heterocycles. The second-order valence-corrected chi connectivity index (χ2v) is 3.69. The third-order valence-electron chi connectivity index (χ3n) is 2.44. The van der Waals surface area contributed by atoms with Crippen LogP contribution < -0.4 is 10.8 Å². The smallest absolute Gasteiger partial charge is 0.264 e. The van der Waals surface area contributed by atoms with Crippen LogP contribution in [0, 0.1) is 0 Å². The van der Waals surface area contributed by atoms with Crippen LogP contribution in [0.25, 0.3) is 0 Å². The van der Waals surface area contributed by atoms with Gasteiger partial charge in [0.15, 0.2) is 5.49 Å². The lowest BCUT2D eigenvalue weighted by Crippen LogP contribution is -2.26. The molecule has 0 saturated heterocycles. The van der Waals surface area contributed by atoms with E-state index < -0.39 is 6.03 Å². The van der Waals surface area contributed by atoms with E-state index in [1.807, 2.05) is 18.2 Å². The Kier molecular flexibility index (Phi) is 2.22. The topological polar surface area (TPSA) is 67.6 Å². The first kappa shape index (κ1) is 9.77. The maximum absolute atomic E-state index is 11.0. The largest absolute Gasteiger partial charge is 0.369 e. The number of rotatable bonds is 2. The fourth-order valence-electron chi connectivity index (χ4n) is 1.68. The van der Waals surface area contributed by atoms with E-state index in [0.29, 0.717) is 17.3 Å². The minimum absolute atomic E-state index is 0.413. The Labute approximate surface area is 96.6 Å². The lowest BCUT2D eigenvalue weighted by atomic mass is 10.1. The summed E-state index contributed by atoms with van der Waals surface area (Å²) in [6, 6.07) is 7.00. The molecule has 0 fully saturated rings.